The van der Waals surface area contributed by atoms with Crippen molar-refractivity contribution in [3.05, 3.63) is 63.6 Å². The fourth-order valence-electron chi connectivity index (χ4n) is 5.99. The zero-order chi connectivity index (χ0) is 22.9. The van der Waals surface area contributed by atoms with Gasteiger partial charge in [0.05, 0.1) is 5.56 Å². The number of Topliss-reactive ketones (excluding diaryl/α,β-unsaturated/α-hetero) is 3. The van der Waals surface area contributed by atoms with E-state index in [-0.39, 0.29) is 35.6 Å². The van der Waals surface area contributed by atoms with E-state index in [0.717, 1.165) is 30.9 Å². The van der Waals surface area contributed by atoms with Crippen molar-refractivity contribution in [2.45, 2.75) is 50.5 Å². The third-order valence-electron chi connectivity index (χ3n) is 7.50. The molecule has 166 valence electrons. The minimum Gasteiger partial charge on any atom is -0.511 e. The van der Waals surface area contributed by atoms with Crippen LogP contribution in [0.1, 0.15) is 60.0 Å². The largest absolute Gasteiger partial charge is 0.511 e. The van der Waals surface area contributed by atoms with E-state index in [1.165, 1.54) is 6.07 Å². The fraction of sp³-hybridized carbons (Fsp3) is 0.400. The molecule has 4 N–H and O–H groups in total. The summed E-state index contributed by atoms with van der Waals surface area (Å²) in [5, 5.41) is 43.2. The van der Waals surface area contributed by atoms with Crippen molar-refractivity contribution >= 4 is 17.3 Å². The number of allylic oxidation sites excluding steroid dienone is 4. The Labute approximate surface area is 184 Å². The lowest BCUT2D eigenvalue weighted by Gasteiger charge is -2.46. The predicted molar refractivity (Wildman–Crippen MR) is 113 cm³/mol. The zero-order valence-electron chi connectivity index (χ0n) is 17.6. The Bertz CT molecular complexity index is 1180. The number of ketones is 3. The Morgan fingerprint density at radius 3 is 2.53 bits per heavy atom. The molecule has 1 aromatic rings. The van der Waals surface area contributed by atoms with E-state index < -0.39 is 51.9 Å². The van der Waals surface area contributed by atoms with Crippen LogP contribution < -0.4 is 0 Å². The van der Waals surface area contributed by atoms with Crippen LogP contribution in [0.3, 0.4) is 0 Å². The third-order valence-corrected chi connectivity index (χ3v) is 7.50. The molecule has 5 rings (SSSR count). The number of carbonyl (C=O) groups is 3. The average molecular weight is 436 g/mol. The molecule has 1 aromatic carbocycles. The Morgan fingerprint density at radius 2 is 1.88 bits per heavy atom. The molecule has 0 spiro atoms. The van der Waals surface area contributed by atoms with Crippen molar-refractivity contribution < 1.29 is 34.8 Å². The van der Waals surface area contributed by atoms with E-state index in [9.17, 15) is 34.8 Å². The van der Waals surface area contributed by atoms with Gasteiger partial charge in [0.1, 0.15) is 22.8 Å². The Balaban J connectivity index is 1.67. The molecule has 32 heavy (non-hydrogen) atoms. The van der Waals surface area contributed by atoms with Crippen LogP contribution in [0.25, 0.3) is 0 Å². The molecule has 0 aromatic heterocycles. The molecule has 0 saturated heterocycles. The van der Waals surface area contributed by atoms with Crippen LogP contribution in [0.4, 0.5) is 0 Å². The molecular formula is C25H24O7. The normalized spacial score (nSPS) is 31.5. The van der Waals surface area contributed by atoms with Gasteiger partial charge in [0.2, 0.25) is 5.78 Å². The predicted octanol–water partition coefficient (Wildman–Crippen LogP) is 3.12. The van der Waals surface area contributed by atoms with E-state index in [1.54, 1.807) is 0 Å². The van der Waals surface area contributed by atoms with Crippen molar-refractivity contribution in [2.24, 2.45) is 11.8 Å². The van der Waals surface area contributed by atoms with Crippen LogP contribution in [0.15, 0.2) is 46.9 Å². The number of aliphatic hydroxyl groups excluding tert-OH is 2. The summed E-state index contributed by atoms with van der Waals surface area (Å²) in [6.45, 7) is 1.10. The summed E-state index contributed by atoms with van der Waals surface area (Å²) in [7, 11) is 0. The number of phenols is 1. The smallest absolute Gasteiger partial charge is 0.209 e. The maximum atomic E-state index is 13.5. The minimum atomic E-state index is -2.45. The van der Waals surface area contributed by atoms with Gasteiger partial charge in [-0.05, 0) is 55.7 Å². The van der Waals surface area contributed by atoms with Gasteiger partial charge in [0.25, 0.3) is 0 Å². The molecule has 7 heteroatoms. The second-order valence-corrected chi connectivity index (χ2v) is 9.24. The van der Waals surface area contributed by atoms with Crippen LogP contribution in [0.2, 0.25) is 0 Å². The molecule has 0 saturated carbocycles. The van der Waals surface area contributed by atoms with Crippen molar-refractivity contribution in [3.63, 3.8) is 0 Å². The van der Waals surface area contributed by atoms with Gasteiger partial charge in [-0.15, -0.1) is 0 Å². The number of phenolic OH excluding ortho intramolecular Hbond substituents is 1. The van der Waals surface area contributed by atoms with Gasteiger partial charge >= 0.3 is 0 Å². The van der Waals surface area contributed by atoms with E-state index in [4.69, 9.17) is 0 Å². The highest BCUT2D eigenvalue weighted by Crippen LogP contribution is 2.52. The lowest BCUT2D eigenvalue weighted by atomic mass is 9.59. The molecule has 4 atom stereocenters. The van der Waals surface area contributed by atoms with Crippen LogP contribution in [-0.2, 0) is 16.0 Å². The number of aromatic hydroxyl groups is 1. The van der Waals surface area contributed by atoms with Crippen LogP contribution in [0.5, 0.6) is 5.75 Å². The Hall–Kier alpha value is -3.19. The van der Waals surface area contributed by atoms with Gasteiger partial charge in [-0.3, -0.25) is 14.4 Å². The molecule has 4 aliphatic carbocycles. The summed E-state index contributed by atoms with van der Waals surface area (Å²) < 4.78 is 0. The first-order valence-corrected chi connectivity index (χ1v) is 10.9. The third kappa shape index (κ3) is 2.60. The zero-order valence-corrected chi connectivity index (χ0v) is 17.6. The fourth-order valence-corrected chi connectivity index (χ4v) is 5.99. The first kappa shape index (κ1) is 20.7. The number of aliphatic hydroxyl groups is 3. The van der Waals surface area contributed by atoms with Gasteiger partial charge in [0.15, 0.2) is 17.2 Å². The maximum Gasteiger partial charge on any atom is 0.209 e. The number of carbonyl (C=O) groups excluding carboxylic acids is 3. The number of fused-ring (bicyclic) bond motifs is 3. The second kappa shape index (κ2) is 6.90. The average Bonchev–Trinajstić information content (AvgIpc) is 3.25. The molecular weight excluding hydrogens is 412 g/mol. The van der Waals surface area contributed by atoms with Crippen molar-refractivity contribution in [1.82, 2.24) is 0 Å². The first-order chi connectivity index (χ1) is 15.2. The molecule has 0 heterocycles. The minimum absolute atomic E-state index is 0.0936. The summed E-state index contributed by atoms with van der Waals surface area (Å²) in [5.74, 6) is -5.00. The molecule has 0 radical (unpaired) electrons. The number of benzene rings is 1. The van der Waals surface area contributed by atoms with Crippen molar-refractivity contribution in [2.75, 3.05) is 0 Å². The van der Waals surface area contributed by atoms with Gasteiger partial charge in [-0.1, -0.05) is 18.2 Å². The van der Waals surface area contributed by atoms with E-state index in [2.05, 4.69) is 12.2 Å². The number of hydrogen-bond acceptors (Lipinski definition) is 7. The Kier molecular flexibility index (Phi) is 4.47. The first-order valence-electron chi connectivity index (χ1n) is 10.9. The summed E-state index contributed by atoms with van der Waals surface area (Å²) in [4.78, 5) is 38.4. The van der Waals surface area contributed by atoms with Gasteiger partial charge in [-0.2, -0.15) is 0 Å². The molecule has 7 nitrogen and oxygen atoms in total. The van der Waals surface area contributed by atoms with Crippen molar-refractivity contribution in [1.29, 1.82) is 0 Å². The van der Waals surface area contributed by atoms with Crippen LogP contribution in [0, 0.1) is 11.8 Å². The lowest BCUT2D eigenvalue weighted by Crippen LogP contribution is -2.56. The van der Waals surface area contributed by atoms with Crippen LogP contribution >= 0.6 is 0 Å². The monoisotopic (exact) mass is 436 g/mol. The molecule has 0 aliphatic heterocycles. The van der Waals surface area contributed by atoms with Crippen LogP contribution in [-0.4, -0.2) is 43.4 Å². The standard InChI is InChI=1S/C25H24O7/c1-11(26)19-18(28)10-14-8-13-9-16-15(12-4-2-3-5-12)6-7-17(27)21(16)22(29)20(13)24(31)25(14,32)23(19)30/h2,4,6-7,12-14,27-28,31-32H,3,5,8-10H2,1H3. The van der Waals surface area contributed by atoms with E-state index in [1.807, 2.05) is 6.07 Å². The molecule has 0 bridgehead atoms. The maximum absolute atomic E-state index is 13.5. The summed E-state index contributed by atoms with van der Waals surface area (Å²) >= 11 is 0. The van der Waals surface area contributed by atoms with E-state index >= 15 is 0 Å². The van der Waals surface area contributed by atoms with Gasteiger partial charge < -0.3 is 20.4 Å². The molecule has 4 unspecified atom stereocenters. The highest BCUT2D eigenvalue weighted by Gasteiger charge is 2.59. The highest BCUT2D eigenvalue weighted by molar-refractivity contribution is 6.25. The van der Waals surface area contributed by atoms with Gasteiger partial charge in [-0.25, -0.2) is 0 Å². The second-order valence-electron chi connectivity index (χ2n) is 9.24. The number of rotatable bonds is 2. The molecule has 0 amide bonds. The topological polar surface area (TPSA) is 132 Å². The summed E-state index contributed by atoms with van der Waals surface area (Å²) in [6, 6.07) is 3.30. The quantitative estimate of drug-likeness (QED) is 0.414. The Morgan fingerprint density at radius 1 is 1.12 bits per heavy atom. The van der Waals surface area contributed by atoms with Crippen molar-refractivity contribution in [3.8, 4) is 5.75 Å². The highest BCUT2D eigenvalue weighted by atomic mass is 16.3. The summed E-state index contributed by atoms with van der Waals surface area (Å²) in [6.07, 6.45) is 6.41. The van der Waals surface area contributed by atoms with E-state index in [0.29, 0.717) is 6.42 Å². The number of hydrogen-bond donors (Lipinski definition) is 4. The lowest BCUT2D eigenvalue weighted by molar-refractivity contribution is -0.144. The van der Waals surface area contributed by atoms with Gasteiger partial charge in [0, 0.05) is 23.8 Å². The molecule has 4 aliphatic rings. The molecule has 0 fully saturated rings. The SMILES string of the molecule is CC(=O)C1=C(O)CC2CC3Cc4c(C5C=CCC5)ccc(O)c4C(=O)C3=C(O)C2(O)C1=O. The summed E-state index contributed by atoms with van der Waals surface area (Å²) in [5.41, 5.74) is -1.31.